The number of nitrogens with one attached hydrogen (secondary N) is 1. The summed E-state index contributed by atoms with van der Waals surface area (Å²) in [6, 6.07) is 8.83. The fourth-order valence-electron chi connectivity index (χ4n) is 3.10. The molecular formula is C19H29N3O2. The van der Waals surface area contributed by atoms with Crippen molar-refractivity contribution in [2.45, 2.75) is 31.7 Å². The Balaban J connectivity index is 1.30. The molecule has 2 aliphatic rings. The van der Waals surface area contributed by atoms with Gasteiger partial charge >= 0.3 is 0 Å². The first-order chi connectivity index (χ1) is 11.7. The van der Waals surface area contributed by atoms with Crippen molar-refractivity contribution in [3.63, 3.8) is 0 Å². The minimum atomic E-state index is 0.222. The maximum atomic E-state index is 11.7. The van der Waals surface area contributed by atoms with Gasteiger partial charge in [-0.15, -0.1) is 0 Å². The first-order valence-corrected chi connectivity index (χ1v) is 9.10. The fourth-order valence-corrected chi connectivity index (χ4v) is 3.10. The molecule has 1 aliphatic heterocycles. The van der Waals surface area contributed by atoms with Crippen LogP contribution in [0.1, 0.15) is 24.8 Å². The van der Waals surface area contributed by atoms with Gasteiger partial charge < -0.3 is 19.9 Å². The lowest BCUT2D eigenvalue weighted by molar-refractivity contribution is -0.121. The first-order valence-electron chi connectivity index (χ1n) is 9.10. The van der Waals surface area contributed by atoms with Crippen LogP contribution in [0.4, 0.5) is 0 Å². The number of nitrogens with zero attached hydrogens (tertiary/aromatic N) is 2. The maximum absolute atomic E-state index is 11.7. The Bertz CT molecular complexity index is 520. The van der Waals surface area contributed by atoms with Gasteiger partial charge in [-0.2, -0.15) is 0 Å². The molecule has 1 saturated heterocycles. The predicted octanol–water partition coefficient (Wildman–Crippen LogP) is 1.52. The van der Waals surface area contributed by atoms with Gasteiger partial charge in [0.2, 0.25) is 5.91 Å². The van der Waals surface area contributed by atoms with Crippen LogP contribution in [0.5, 0.6) is 5.75 Å². The molecule has 2 fully saturated rings. The van der Waals surface area contributed by atoms with Crippen molar-refractivity contribution >= 4 is 5.91 Å². The van der Waals surface area contributed by atoms with Gasteiger partial charge in [0.05, 0.1) is 7.11 Å². The zero-order chi connectivity index (χ0) is 16.8. The zero-order valence-electron chi connectivity index (χ0n) is 14.7. The van der Waals surface area contributed by atoms with E-state index in [0.717, 1.165) is 51.4 Å². The SMILES string of the molecule is COc1ccc(CCN2CCN(CCC(=O)NC3CC3)CC2)cc1. The van der Waals surface area contributed by atoms with E-state index in [1.54, 1.807) is 7.11 Å². The van der Waals surface area contributed by atoms with Gasteiger partial charge in [0, 0.05) is 51.7 Å². The highest BCUT2D eigenvalue weighted by atomic mass is 16.5. The van der Waals surface area contributed by atoms with Crippen LogP contribution in [0.15, 0.2) is 24.3 Å². The van der Waals surface area contributed by atoms with Gasteiger partial charge in [0.1, 0.15) is 5.75 Å². The van der Waals surface area contributed by atoms with Crippen molar-refractivity contribution in [3.05, 3.63) is 29.8 Å². The number of methoxy groups -OCH3 is 1. The van der Waals surface area contributed by atoms with Crippen molar-refractivity contribution in [2.24, 2.45) is 0 Å². The van der Waals surface area contributed by atoms with E-state index in [-0.39, 0.29) is 5.91 Å². The maximum Gasteiger partial charge on any atom is 0.221 e. The van der Waals surface area contributed by atoms with Crippen LogP contribution >= 0.6 is 0 Å². The largest absolute Gasteiger partial charge is 0.497 e. The molecule has 0 spiro atoms. The van der Waals surface area contributed by atoms with Crippen molar-refractivity contribution in [2.75, 3.05) is 46.4 Å². The molecule has 24 heavy (non-hydrogen) atoms. The van der Waals surface area contributed by atoms with Crippen LogP contribution in [0, 0.1) is 0 Å². The number of ether oxygens (including phenoxy) is 1. The average Bonchev–Trinajstić information content (AvgIpc) is 3.43. The third-order valence-electron chi connectivity index (χ3n) is 4.94. The van der Waals surface area contributed by atoms with Gasteiger partial charge in [-0.3, -0.25) is 4.79 Å². The highest BCUT2D eigenvalue weighted by Gasteiger charge is 2.23. The highest BCUT2D eigenvalue weighted by Crippen LogP contribution is 2.18. The van der Waals surface area contributed by atoms with Crippen LogP contribution in [0.3, 0.4) is 0 Å². The second-order valence-electron chi connectivity index (χ2n) is 6.87. The van der Waals surface area contributed by atoms with E-state index in [9.17, 15) is 4.79 Å². The Morgan fingerprint density at radius 3 is 2.29 bits per heavy atom. The Morgan fingerprint density at radius 2 is 1.71 bits per heavy atom. The van der Waals surface area contributed by atoms with Crippen molar-refractivity contribution < 1.29 is 9.53 Å². The van der Waals surface area contributed by atoms with Crippen molar-refractivity contribution in [1.82, 2.24) is 15.1 Å². The van der Waals surface area contributed by atoms with E-state index in [2.05, 4.69) is 27.2 Å². The lowest BCUT2D eigenvalue weighted by Gasteiger charge is -2.34. The van der Waals surface area contributed by atoms with Gasteiger partial charge in [-0.1, -0.05) is 12.1 Å². The highest BCUT2D eigenvalue weighted by molar-refractivity contribution is 5.76. The summed E-state index contributed by atoms with van der Waals surface area (Å²) in [6.07, 6.45) is 4.05. The molecule has 1 aromatic carbocycles. The Hall–Kier alpha value is -1.59. The molecule has 1 N–H and O–H groups in total. The van der Waals surface area contributed by atoms with Crippen LogP contribution in [-0.2, 0) is 11.2 Å². The predicted molar refractivity (Wildman–Crippen MR) is 95.4 cm³/mol. The fraction of sp³-hybridized carbons (Fsp3) is 0.632. The standard InChI is InChI=1S/C19H29N3O2/c1-24-18-6-2-16(3-7-18)8-10-21-12-14-22(15-13-21)11-9-19(23)20-17-4-5-17/h2-3,6-7,17H,4-5,8-15H2,1H3,(H,20,23). The number of hydrogen-bond donors (Lipinski definition) is 1. The van der Waals surface area contributed by atoms with E-state index in [1.807, 2.05) is 12.1 Å². The number of hydrogen-bond acceptors (Lipinski definition) is 4. The molecule has 0 aromatic heterocycles. The molecule has 1 aromatic rings. The smallest absolute Gasteiger partial charge is 0.221 e. The summed E-state index contributed by atoms with van der Waals surface area (Å²) in [4.78, 5) is 16.7. The van der Waals surface area contributed by atoms with Crippen LogP contribution < -0.4 is 10.1 Å². The second kappa shape index (κ2) is 8.49. The first kappa shape index (κ1) is 17.2. The molecule has 1 amide bonds. The topological polar surface area (TPSA) is 44.8 Å². The van der Waals surface area contributed by atoms with E-state index >= 15 is 0 Å². The number of benzene rings is 1. The van der Waals surface area contributed by atoms with Crippen LogP contribution in [0.2, 0.25) is 0 Å². The Morgan fingerprint density at radius 1 is 1.08 bits per heavy atom. The van der Waals surface area contributed by atoms with Gasteiger partial charge in [-0.05, 0) is 37.0 Å². The molecule has 0 unspecified atom stereocenters. The summed E-state index contributed by atoms with van der Waals surface area (Å²) in [5, 5.41) is 3.06. The molecule has 1 aliphatic carbocycles. The number of carbonyl (C=O) groups is 1. The quantitative estimate of drug-likeness (QED) is 0.785. The lowest BCUT2D eigenvalue weighted by atomic mass is 10.1. The average molecular weight is 331 g/mol. The summed E-state index contributed by atoms with van der Waals surface area (Å²) < 4.78 is 5.20. The molecule has 5 heteroatoms. The van der Waals surface area contributed by atoms with Gasteiger partial charge in [0.25, 0.3) is 0 Å². The minimum absolute atomic E-state index is 0.222. The second-order valence-corrected chi connectivity index (χ2v) is 6.87. The summed E-state index contributed by atoms with van der Waals surface area (Å²) in [5.41, 5.74) is 1.36. The minimum Gasteiger partial charge on any atom is -0.497 e. The summed E-state index contributed by atoms with van der Waals surface area (Å²) in [6.45, 7) is 6.33. The Kier molecular flexibility index (Phi) is 6.10. The third kappa shape index (κ3) is 5.49. The van der Waals surface area contributed by atoms with Crippen LogP contribution in [-0.4, -0.2) is 68.1 Å². The molecule has 0 atom stereocenters. The molecule has 1 heterocycles. The van der Waals surface area contributed by atoms with Gasteiger partial charge in [-0.25, -0.2) is 0 Å². The molecule has 1 saturated carbocycles. The number of carbonyl (C=O) groups excluding carboxylic acids is 1. The van der Waals surface area contributed by atoms with Crippen molar-refractivity contribution in [3.8, 4) is 5.75 Å². The van der Waals surface area contributed by atoms with Gasteiger partial charge in [0.15, 0.2) is 0 Å². The zero-order valence-corrected chi connectivity index (χ0v) is 14.7. The lowest BCUT2D eigenvalue weighted by Crippen LogP contribution is -2.47. The monoisotopic (exact) mass is 331 g/mol. The molecule has 3 rings (SSSR count). The summed E-state index contributed by atoms with van der Waals surface area (Å²) in [7, 11) is 1.70. The Labute approximate surface area is 145 Å². The normalized spacial score (nSPS) is 19.2. The van der Waals surface area contributed by atoms with E-state index in [4.69, 9.17) is 4.74 Å². The van der Waals surface area contributed by atoms with Crippen molar-refractivity contribution in [1.29, 1.82) is 0 Å². The van der Waals surface area contributed by atoms with E-state index in [0.29, 0.717) is 12.5 Å². The number of rotatable bonds is 8. The molecule has 5 nitrogen and oxygen atoms in total. The number of piperazine rings is 1. The number of amides is 1. The summed E-state index contributed by atoms with van der Waals surface area (Å²) in [5.74, 6) is 1.14. The molecule has 0 radical (unpaired) electrons. The van der Waals surface area contributed by atoms with E-state index in [1.165, 1.54) is 18.4 Å². The molecule has 132 valence electrons. The molecule has 0 bridgehead atoms. The van der Waals surface area contributed by atoms with Crippen LogP contribution in [0.25, 0.3) is 0 Å². The molecular weight excluding hydrogens is 302 g/mol. The summed E-state index contributed by atoms with van der Waals surface area (Å²) >= 11 is 0. The third-order valence-corrected chi connectivity index (χ3v) is 4.94. The van der Waals surface area contributed by atoms with E-state index < -0.39 is 0 Å².